The van der Waals surface area contributed by atoms with Crippen molar-refractivity contribution >= 4 is 23.1 Å². The molecule has 0 atom stereocenters. The summed E-state index contributed by atoms with van der Waals surface area (Å²) in [5.74, 6) is 1.42. The molecule has 0 saturated carbocycles. The zero-order valence-electron chi connectivity index (χ0n) is 16.8. The summed E-state index contributed by atoms with van der Waals surface area (Å²) in [6, 6.07) is 17.0. The van der Waals surface area contributed by atoms with Crippen LogP contribution in [-0.2, 0) is 16.6 Å². The lowest BCUT2D eigenvalue weighted by molar-refractivity contribution is -0.128. The van der Waals surface area contributed by atoms with Gasteiger partial charge in [-0.1, -0.05) is 18.2 Å². The van der Waals surface area contributed by atoms with Crippen molar-refractivity contribution in [3.8, 4) is 22.6 Å². The number of carbonyl (C=O) groups excluding carboxylic acids is 1. The molecule has 7 nitrogen and oxygen atoms in total. The Morgan fingerprint density at radius 2 is 1.87 bits per heavy atom. The van der Waals surface area contributed by atoms with Crippen molar-refractivity contribution in [3.05, 3.63) is 77.3 Å². The van der Waals surface area contributed by atoms with E-state index < -0.39 is 0 Å². The number of fused-ring (bicyclic) bond motifs is 1. The van der Waals surface area contributed by atoms with Crippen molar-refractivity contribution in [2.24, 2.45) is 7.05 Å². The number of hydrogen-bond acceptors (Lipinski definition) is 5. The highest BCUT2D eigenvalue weighted by Gasteiger charge is 2.15. The molecular formula is C23H23N3O4. The molecule has 3 N–H and O–H groups in total. The van der Waals surface area contributed by atoms with Crippen molar-refractivity contribution in [1.29, 1.82) is 0 Å². The predicted molar refractivity (Wildman–Crippen MR) is 118 cm³/mol. The number of nitrogen functional groups attached to an aromatic ring is 1. The summed E-state index contributed by atoms with van der Waals surface area (Å²) in [4.78, 5) is 24.5. The highest BCUT2D eigenvalue weighted by atomic mass is 16.5. The molecule has 0 saturated heterocycles. The quantitative estimate of drug-likeness (QED) is 0.385. The Hall–Kier alpha value is -4.00. The number of para-hydroxylation sites is 1. The number of ether oxygens (including phenoxy) is 2. The Kier molecular flexibility index (Phi) is 6.54. The minimum atomic E-state index is -0.0711. The molecule has 2 heterocycles. The average molecular weight is 405 g/mol. The molecule has 4 rings (SSSR count). The van der Waals surface area contributed by atoms with Gasteiger partial charge in [-0.25, -0.2) is 0 Å². The third kappa shape index (κ3) is 4.52. The van der Waals surface area contributed by atoms with Crippen LogP contribution in [0.25, 0.3) is 22.0 Å². The first-order chi connectivity index (χ1) is 14.5. The highest BCUT2D eigenvalue weighted by Crippen LogP contribution is 2.37. The summed E-state index contributed by atoms with van der Waals surface area (Å²) in [7, 11) is 1.73. The molecule has 0 spiro atoms. The number of aromatic amines is 1. The predicted octanol–water partition coefficient (Wildman–Crippen LogP) is 4.09. The molecule has 2 aromatic carbocycles. The van der Waals surface area contributed by atoms with Crippen molar-refractivity contribution in [2.75, 3.05) is 12.3 Å². The van der Waals surface area contributed by atoms with Crippen molar-refractivity contribution < 1.29 is 14.3 Å². The maximum atomic E-state index is 12.3. The Balaban J connectivity index is 0.000000461. The van der Waals surface area contributed by atoms with Crippen molar-refractivity contribution in [2.45, 2.75) is 6.92 Å². The molecular weight excluding hydrogens is 382 g/mol. The molecule has 0 fully saturated rings. The zero-order chi connectivity index (χ0) is 21.5. The number of aromatic nitrogens is 2. The number of pyridine rings is 1. The number of nitrogens with one attached hydrogen (secondary N) is 1. The Bertz CT molecular complexity index is 1200. The summed E-state index contributed by atoms with van der Waals surface area (Å²) in [5, 5.41) is 0.839. The smallest absolute Gasteiger partial charge is 0.293 e. The normalized spacial score (nSPS) is 10.2. The lowest BCUT2D eigenvalue weighted by Crippen LogP contribution is -2.16. The maximum Gasteiger partial charge on any atom is 0.293 e. The molecule has 0 bridgehead atoms. The zero-order valence-corrected chi connectivity index (χ0v) is 16.8. The minimum Gasteiger partial charge on any atom is -0.468 e. The van der Waals surface area contributed by atoms with Gasteiger partial charge >= 0.3 is 0 Å². The fraction of sp³-hybridized carbons (Fsp3) is 0.130. The Morgan fingerprint density at radius 3 is 2.53 bits per heavy atom. The van der Waals surface area contributed by atoms with Crippen LogP contribution in [0.3, 0.4) is 0 Å². The maximum absolute atomic E-state index is 12.3. The van der Waals surface area contributed by atoms with Crippen LogP contribution in [0, 0.1) is 0 Å². The second-order valence-corrected chi connectivity index (χ2v) is 6.45. The summed E-state index contributed by atoms with van der Waals surface area (Å²) in [6.07, 6.45) is 3.57. The second-order valence-electron chi connectivity index (χ2n) is 6.45. The molecule has 30 heavy (non-hydrogen) atoms. The van der Waals surface area contributed by atoms with Gasteiger partial charge in [-0.15, -0.1) is 0 Å². The van der Waals surface area contributed by atoms with Gasteiger partial charge in [-0.3, -0.25) is 9.59 Å². The van der Waals surface area contributed by atoms with Crippen LogP contribution in [0.1, 0.15) is 6.92 Å². The topological polar surface area (TPSA) is 99.3 Å². The van der Waals surface area contributed by atoms with E-state index in [1.807, 2.05) is 54.7 Å². The lowest BCUT2D eigenvalue weighted by atomic mass is 10.0. The van der Waals surface area contributed by atoms with Gasteiger partial charge in [0.25, 0.3) is 12.0 Å². The van der Waals surface area contributed by atoms with Crippen LogP contribution in [0.4, 0.5) is 5.69 Å². The number of carbonyl (C=O) groups is 1. The third-order valence-corrected chi connectivity index (χ3v) is 4.39. The third-order valence-electron chi connectivity index (χ3n) is 4.39. The summed E-state index contributed by atoms with van der Waals surface area (Å²) in [6.45, 7) is 2.66. The fourth-order valence-electron chi connectivity index (χ4n) is 3.01. The number of nitrogens with two attached hydrogens (primary N) is 1. The van der Waals surface area contributed by atoms with E-state index in [0.717, 1.165) is 22.3 Å². The standard InChI is InChI=1S/C20H17N3O2.C3H6O2/c1-23-12-17(15-9-10-22-19(15)20(23)24)16-11-13(21)7-8-18(16)25-14-5-3-2-4-6-14;1-2-5-3-4/h2-12,22H,21H2,1H3;3H,2H2,1H3. The molecule has 4 aromatic rings. The van der Waals surface area contributed by atoms with E-state index in [1.165, 1.54) is 0 Å². The first-order valence-corrected chi connectivity index (χ1v) is 9.40. The fourth-order valence-corrected chi connectivity index (χ4v) is 3.01. The first kappa shape index (κ1) is 20.7. The summed E-state index contributed by atoms with van der Waals surface area (Å²) >= 11 is 0. The largest absolute Gasteiger partial charge is 0.468 e. The summed E-state index contributed by atoms with van der Waals surface area (Å²) < 4.78 is 11.8. The van der Waals surface area contributed by atoms with E-state index >= 15 is 0 Å². The van der Waals surface area contributed by atoms with E-state index in [9.17, 15) is 9.59 Å². The van der Waals surface area contributed by atoms with Crippen LogP contribution < -0.4 is 16.0 Å². The van der Waals surface area contributed by atoms with Crippen LogP contribution in [-0.4, -0.2) is 22.6 Å². The van der Waals surface area contributed by atoms with Crippen LogP contribution in [0.15, 0.2) is 71.8 Å². The molecule has 2 aromatic heterocycles. The van der Waals surface area contributed by atoms with Gasteiger partial charge in [0, 0.05) is 41.6 Å². The molecule has 0 aliphatic rings. The number of benzene rings is 2. The van der Waals surface area contributed by atoms with Gasteiger partial charge in [0.05, 0.1) is 6.61 Å². The number of hydrogen-bond donors (Lipinski definition) is 2. The molecule has 0 unspecified atom stereocenters. The highest BCUT2D eigenvalue weighted by molar-refractivity contribution is 5.96. The number of anilines is 1. The van der Waals surface area contributed by atoms with Gasteiger partial charge in [0.15, 0.2) is 0 Å². The number of nitrogens with zero attached hydrogens (tertiary/aromatic N) is 1. The molecule has 0 aliphatic heterocycles. The van der Waals surface area contributed by atoms with E-state index in [2.05, 4.69) is 9.72 Å². The van der Waals surface area contributed by atoms with Gasteiger partial charge in [-0.2, -0.15) is 0 Å². The average Bonchev–Trinajstić information content (AvgIpc) is 3.24. The Labute approximate surface area is 173 Å². The molecule has 0 aliphatic carbocycles. The number of aryl methyl sites for hydroxylation is 1. The van der Waals surface area contributed by atoms with E-state index in [-0.39, 0.29) is 5.56 Å². The van der Waals surface area contributed by atoms with Crippen LogP contribution in [0.2, 0.25) is 0 Å². The van der Waals surface area contributed by atoms with E-state index in [0.29, 0.717) is 30.0 Å². The number of H-pyrrole nitrogens is 1. The first-order valence-electron chi connectivity index (χ1n) is 9.40. The van der Waals surface area contributed by atoms with Crippen LogP contribution >= 0.6 is 0 Å². The Morgan fingerprint density at radius 1 is 1.10 bits per heavy atom. The number of rotatable bonds is 5. The monoisotopic (exact) mass is 405 g/mol. The van der Waals surface area contributed by atoms with Crippen LogP contribution in [0.5, 0.6) is 11.5 Å². The SMILES string of the molecule is CCOC=O.Cn1cc(-c2cc(N)ccc2Oc2ccccc2)c2cc[nH]c2c1=O. The summed E-state index contributed by atoms with van der Waals surface area (Å²) in [5.41, 5.74) is 8.86. The van der Waals surface area contributed by atoms with E-state index in [1.54, 1.807) is 30.8 Å². The van der Waals surface area contributed by atoms with Crippen molar-refractivity contribution in [1.82, 2.24) is 9.55 Å². The van der Waals surface area contributed by atoms with E-state index in [4.69, 9.17) is 10.5 Å². The van der Waals surface area contributed by atoms with Gasteiger partial charge in [0.1, 0.15) is 17.0 Å². The second kappa shape index (κ2) is 9.47. The molecule has 7 heteroatoms. The van der Waals surface area contributed by atoms with Crippen molar-refractivity contribution in [3.63, 3.8) is 0 Å². The van der Waals surface area contributed by atoms with Gasteiger partial charge in [-0.05, 0) is 43.3 Å². The molecule has 0 amide bonds. The molecule has 0 radical (unpaired) electrons. The molecule has 154 valence electrons. The van der Waals surface area contributed by atoms with Gasteiger partial charge in [0.2, 0.25) is 0 Å². The van der Waals surface area contributed by atoms with Gasteiger partial charge < -0.3 is 24.8 Å². The lowest BCUT2D eigenvalue weighted by Gasteiger charge is -2.14. The minimum absolute atomic E-state index is 0.0711.